The smallest absolute Gasteiger partial charge is 0.490 e. The number of methoxy groups -OCH3 is 3. The van der Waals surface area contributed by atoms with Crippen molar-refractivity contribution < 1.29 is 50.1 Å². The van der Waals surface area contributed by atoms with Crippen LogP contribution in [-0.2, 0) is 14.8 Å². The molecule has 3 aromatic rings. The van der Waals surface area contributed by atoms with Crippen LogP contribution in [0.3, 0.4) is 0 Å². The fraction of sp³-hybridized carbons (Fsp3) is 0.250. The van der Waals surface area contributed by atoms with Gasteiger partial charge in [0.1, 0.15) is 40.1 Å². The van der Waals surface area contributed by atoms with Gasteiger partial charge in [-0.2, -0.15) is 13.2 Å². The van der Waals surface area contributed by atoms with E-state index in [4.69, 9.17) is 24.1 Å². The molecular weight excluding hydrogens is 516 g/mol. The van der Waals surface area contributed by atoms with E-state index in [0.717, 1.165) is 12.1 Å². The number of nitrogens with one attached hydrogen (secondary N) is 2. The molecule has 11 nitrogen and oxygen atoms in total. The quantitative estimate of drug-likeness (QED) is 0.385. The summed E-state index contributed by atoms with van der Waals surface area (Å²) in [4.78, 5) is 16.8. The molecule has 2 aromatic carbocycles. The second kappa shape index (κ2) is 11.2. The van der Waals surface area contributed by atoms with Crippen LogP contribution in [0.1, 0.15) is 0 Å². The molecule has 0 saturated heterocycles. The number of fused-ring (bicyclic) bond motifs is 1. The lowest BCUT2D eigenvalue weighted by Gasteiger charge is -2.16. The van der Waals surface area contributed by atoms with Crippen LogP contribution >= 0.6 is 0 Å². The van der Waals surface area contributed by atoms with E-state index in [0.29, 0.717) is 28.2 Å². The summed E-state index contributed by atoms with van der Waals surface area (Å²) in [6.07, 6.45) is -3.76. The van der Waals surface area contributed by atoms with Crippen molar-refractivity contribution in [1.82, 2.24) is 14.7 Å². The number of alkyl halides is 3. The Balaban J connectivity index is 0.000000572. The van der Waals surface area contributed by atoms with Gasteiger partial charge in [0.25, 0.3) is 0 Å². The average molecular weight is 536 g/mol. The molecule has 0 unspecified atom stereocenters. The van der Waals surface area contributed by atoms with Gasteiger partial charge in [-0.05, 0) is 13.1 Å². The number of anilines is 2. The van der Waals surface area contributed by atoms with Gasteiger partial charge in [-0.25, -0.2) is 32.3 Å². The van der Waals surface area contributed by atoms with Gasteiger partial charge in [-0.3, -0.25) is 0 Å². The van der Waals surface area contributed by atoms with Crippen LogP contribution in [0.4, 0.5) is 29.1 Å². The number of aromatic nitrogens is 2. The van der Waals surface area contributed by atoms with Gasteiger partial charge in [0.05, 0.1) is 37.9 Å². The van der Waals surface area contributed by atoms with Crippen LogP contribution in [0.25, 0.3) is 10.9 Å². The summed E-state index contributed by atoms with van der Waals surface area (Å²) in [5.74, 6) is -2.32. The summed E-state index contributed by atoms with van der Waals surface area (Å²) < 4.78 is 88.3. The first-order valence-corrected chi connectivity index (χ1v) is 11.0. The fourth-order valence-corrected chi connectivity index (χ4v) is 3.56. The molecule has 0 aliphatic carbocycles. The van der Waals surface area contributed by atoms with Crippen molar-refractivity contribution in [2.75, 3.05) is 33.7 Å². The number of carbonyl (C=O) groups is 1. The highest BCUT2D eigenvalue weighted by atomic mass is 32.2. The Morgan fingerprint density at radius 3 is 2.11 bits per heavy atom. The average Bonchev–Trinajstić information content (AvgIpc) is 2.83. The van der Waals surface area contributed by atoms with Crippen LogP contribution < -0.4 is 24.2 Å². The lowest BCUT2D eigenvalue weighted by atomic mass is 10.2. The molecule has 3 rings (SSSR count). The van der Waals surface area contributed by atoms with Crippen LogP contribution in [0.2, 0.25) is 0 Å². The molecule has 16 heteroatoms. The summed E-state index contributed by atoms with van der Waals surface area (Å²) in [6, 6.07) is 5.47. The molecule has 0 bridgehead atoms. The molecule has 0 fully saturated rings. The van der Waals surface area contributed by atoms with Gasteiger partial charge in [0.2, 0.25) is 10.0 Å². The summed E-state index contributed by atoms with van der Waals surface area (Å²) in [5.41, 5.74) is 0.725. The zero-order chi connectivity index (χ0) is 27.3. The van der Waals surface area contributed by atoms with Gasteiger partial charge < -0.3 is 24.6 Å². The minimum absolute atomic E-state index is 0.0943. The molecular formula is C20H20F4N4O7S. The number of halogens is 4. The van der Waals surface area contributed by atoms with Crippen LogP contribution in [-0.4, -0.2) is 64.0 Å². The van der Waals surface area contributed by atoms with Gasteiger partial charge in [-0.1, -0.05) is 0 Å². The number of hydrogen-bond donors (Lipinski definition) is 3. The van der Waals surface area contributed by atoms with Gasteiger partial charge in [-0.15, -0.1) is 0 Å². The molecule has 0 atom stereocenters. The lowest BCUT2D eigenvalue weighted by molar-refractivity contribution is -0.192. The highest BCUT2D eigenvalue weighted by molar-refractivity contribution is 7.89. The van der Waals surface area contributed by atoms with Gasteiger partial charge in [0.15, 0.2) is 0 Å². The van der Waals surface area contributed by atoms with Crippen molar-refractivity contribution in [3.05, 3.63) is 36.4 Å². The van der Waals surface area contributed by atoms with E-state index in [9.17, 15) is 26.0 Å². The Labute approximate surface area is 202 Å². The summed E-state index contributed by atoms with van der Waals surface area (Å²) in [5, 5.41) is 10.6. The van der Waals surface area contributed by atoms with Crippen molar-refractivity contribution in [2.24, 2.45) is 0 Å². The number of rotatable bonds is 7. The Morgan fingerprint density at radius 2 is 1.61 bits per heavy atom. The Hall–Kier alpha value is -3.92. The zero-order valence-corrected chi connectivity index (χ0v) is 19.9. The molecule has 196 valence electrons. The van der Waals surface area contributed by atoms with E-state index in [2.05, 4.69) is 20.0 Å². The maximum Gasteiger partial charge on any atom is 0.490 e. The van der Waals surface area contributed by atoms with Crippen molar-refractivity contribution >= 4 is 38.4 Å². The second-order valence-corrected chi connectivity index (χ2v) is 8.42. The van der Waals surface area contributed by atoms with Crippen molar-refractivity contribution in [3.63, 3.8) is 0 Å². The molecule has 36 heavy (non-hydrogen) atoms. The fourth-order valence-electron chi connectivity index (χ4n) is 2.75. The van der Waals surface area contributed by atoms with Crippen molar-refractivity contribution in [3.8, 4) is 17.2 Å². The summed E-state index contributed by atoms with van der Waals surface area (Å²) >= 11 is 0. The molecule has 0 saturated carbocycles. The minimum atomic E-state index is -5.08. The highest BCUT2D eigenvalue weighted by Gasteiger charge is 2.38. The third-order valence-electron chi connectivity index (χ3n) is 4.44. The predicted octanol–water partition coefficient (Wildman–Crippen LogP) is 3.08. The molecule has 3 N–H and O–H groups in total. The first-order chi connectivity index (χ1) is 16.8. The van der Waals surface area contributed by atoms with E-state index < -0.39 is 32.9 Å². The predicted molar refractivity (Wildman–Crippen MR) is 119 cm³/mol. The standard InChI is InChI=1S/C18H19FN4O5S.C2HF3O2/c1-20-29(24,25)16-8-12(14(27-3)7-11(16)19)23-18-17-13(21-9-22-18)5-10(26-2)6-15(17)28-4;3-2(4,5)1(6)7/h5-9,20H,1-4H3,(H,21,22,23);(H,6,7). The van der Waals surface area contributed by atoms with Crippen LogP contribution in [0.5, 0.6) is 17.2 Å². The first kappa shape index (κ1) is 28.3. The maximum atomic E-state index is 14.3. The monoisotopic (exact) mass is 536 g/mol. The number of carboxylic acids is 1. The third-order valence-corrected chi connectivity index (χ3v) is 5.87. The largest absolute Gasteiger partial charge is 0.497 e. The SMILES string of the molecule is CNS(=O)(=O)c1cc(Nc2ncnc3cc(OC)cc(OC)c23)c(OC)cc1F.O=C(O)C(F)(F)F. The zero-order valence-electron chi connectivity index (χ0n) is 19.1. The van der Waals surface area contributed by atoms with E-state index in [1.165, 1.54) is 34.7 Å². The van der Waals surface area contributed by atoms with Crippen molar-refractivity contribution in [2.45, 2.75) is 11.1 Å². The molecule has 0 radical (unpaired) electrons. The molecule has 0 amide bonds. The summed E-state index contributed by atoms with van der Waals surface area (Å²) in [7, 11) is 1.52. The number of hydrogen-bond acceptors (Lipinski definition) is 9. The number of ether oxygens (including phenoxy) is 3. The normalized spacial score (nSPS) is 11.3. The molecule has 0 aliphatic heterocycles. The number of benzene rings is 2. The number of aliphatic carboxylic acids is 1. The number of nitrogens with zero attached hydrogens (tertiary/aromatic N) is 2. The van der Waals surface area contributed by atoms with E-state index in [1.807, 2.05) is 0 Å². The Bertz CT molecular complexity index is 1370. The first-order valence-electron chi connectivity index (χ1n) is 9.54. The molecule has 0 aliphatic rings. The molecule has 0 spiro atoms. The van der Waals surface area contributed by atoms with E-state index in [-0.39, 0.29) is 11.4 Å². The second-order valence-electron chi connectivity index (χ2n) is 6.56. The van der Waals surface area contributed by atoms with Gasteiger partial charge >= 0.3 is 12.1 Å². The highest BCUT2D eigenvalue weighted by Crippen LogP contribution is 2.38. The maximum absolute atomic E-state index is 14.3. The molecule has 1 aromatic heterocycles. The van der Waals surface area contributed by atoms with Crippen LogP contribution in [0, 0.1) is 5.82 Å². The number of carboxylic acid groups (broad SMARTS) is 1. The topological polar surface area (TPSA) is 149 Å². The Morgan fingerprint density at radius 1 is 1.00 bits per heavy atom. The minimum Gasteiger partial charge on any atom is -0.497 e. The Kier molecular flexibility index (Phi) is 8.82. The van der Waals surface area contributed by atoms with E-state index >= 15 is 0 Å². The molecule has 1 heterocycles. The van der Waals surface area contributed by atoms with E-state index in [1.54, 1.807) is 12.1 Å². The number of sulfonamides is 1. The van der Waals surface area contributed by atoms with Crippen molar-refractivity contribution in [1.29, 1.82) is 0 Å². The van der Waals surface area contributed by atoms with Gasteiger partial charge in [0, 0.05) is 18.2 Å². The third kappa shape index (κ3) is 6.39. The lowest BCUT2D eigenvalue weighted by Crippen LogP contribution is -2.21. The summed E-state index contributed by atoms with van der Waals surface area (Å²) in [6.45, 7) is 0. The van der Waals surface area contributed by atoms with Crippen LogP contribution in [0.15, 0.2) is 35.5 Å².